The van der Waals surface area contributed by atoms with E-state index in [0.29, 0.717) is 30.9 Å². The number of ether oxygens (including phenoxy) is 2. The number of hydrogen-bond donors (Lipinski definition) is 1. The molecule has 25 heavy (non-hydrogen) atoms. The molecule has 2 aromatic carbocycles. The summed E-state index contributed by atoms with van der Waals surface area (Å²) in [5.41, 5.74) is 7.49. The molecule has 2 rings (SSSR count). The molecule has 0 heterocycles. The summed E-state index contributed by atoms with van der Waals surface area (Å²) in [6, 6.07) is 16.0. The molecule has 0 saturated carbocycles. The highest BCUT2D eigenvalue weighted by atomic mass is 16.5. The van der Waals surface area contributed by atoms with Crippen molar-refractivity contribution in [3.05, 3.63) is 65.7 Å². The molecule has 0 atom stereocenters. The Morgan fingerprint density at radius 2 is 1.72 bits per heavy atom. The second-order valence-corrected chi connectivity index (χ2v) is 5.49. The SMILES string of the molecule is COCCN(Cc1ccccc1)C(=O)COC(=O)c1ccc(N)cc1. The van der Waals surface area contributed by atoms with Crippen molar-refractivity contribution >= 4 is 17.6 Å². The van der Waals surface area contributed by atoms with Crippen molar-refractivity contribution in [1.29, 1.82) is 0 Å². The molecular formula is C19H22N2O4. The number of carbonyl (C=O) groups excluding carboxylic acids is 2. The number of benzene rings is 2. The molecule has 132 valence electrons. The van der Waals surface area contributed by atoms with Gasteiger partial charge in [0.15, 0.2) is 6.61 Å². The molecule has 0 saturated heterocycles. The number of anilines is 1. The van der Waals surface area contributed by atoms with Crippen LogP contribution >= 0.6 is 0 Å². The van der Waals surface area contributed by atoms with Gasteiger partial charge in [0.25, 0.3) is 5.91 Å². The average Bonchev–Trinajstić information content (AvgIpc) is 2.64. The summed E-state index contributed by atoms with van der Waals surface area (Å²) in [6.45, 7) is 0.941. The Hall–Kier alpha value is -2.86. The smallest absolute Gasteiger partial charge is 0.338 e. The van der Waals surface area contributed by atoms with Gasteiger partial charge in [-0.25, -0.2) is 4.79 Å². The standard InChI is InChI=1S/C19H22N2O4/c1-24-12-11-21(13-15-5-3-2-4-6-15)18(22)14-25-19(23)16-7-9-17(20)10-8-16/h2-10H,11-14,20H2,1H3. The van der Waals surface area contributed by atoms with Crippen LogP contribution in [0.25, 0.3) is 0 Å². The van der Waals surface area contributed by atoms with E-state index in [2.05, 4.69) is 0 Å². The first kappa shape index (κ1) is 18.5. The Morgan fingerprint density at radius 1 is 1.04 bits per heavy atom. The lowest BCUT2D eigenvalue weighted by Crippen LogP contribution is -2.36. The number of hydrogen-bond acceptors (Lipinski definition) is 5. The summed E-state index contributed by atoms with van der Waals surface area (Å²) < 4.78 is 10.2. The van der Waals surface area contributed by atoms with E-state index in [4.69, 9.17) is 15.2 Å². The third-order valence-electron chi connectivity index (χ3n) is 3.61. The van der Waals surface area contributed by atoms with Crippen molar-refractivity contribution in [2.24, 2.45) is 0 Å². The third-order valence-corrected chi connectivity index (χ3v) is 3.61. The first-order valence-corrected chi connectivity index (χ1v) is 7.93. The Balaban J connectivity index is 1.93. The van der Waals surface area contributed by atoms with Crippen LogP contribution in [0.2, 0.25) is 0 Å². The minimum Gasteiger partial charge on any atom is -0.452 e. The van der Waals surface area contributed by atoms with E-state index in [-0.39, 0.29) is 12.5 Å². The van der Waals surface area contributed by atoms with E-state index in [1.807, 2.05) is 30.3 Å². The highest BCUT2D eigenvalue weighted by molar-refractivity contribution is 5.91. The molecule has 2 N–H and O–H groups in total. The number of carbonyl (C=O) groups is 2. The van der Waals surface area contributed by atoms with Crippen LogP contribution in [0.1, 0.15) is 15.9 Å². The van der Waals surface area contributed by atoms with Gasteiger partial charge in [-0.15, -0.1) is 0 Å². The molecular weight excluding hydrogens is 320 g/mol. The molecule has 0 unspecified atom stereocenters. The van der Waals surface area contributed by atoms with Crippen molar-refractivity contribution < 1.29 is 19.1 Å². The normalized spacial score (nSPS) is 10.3. The molecule has 0 aliphatic heterocycles. The lowest BCUT2D eigenvalue weighted by Gasteiger charge is -2.22. The van der Waals surface area contributed by atoms with Crippen LogP contribution < -0.4 is 5.73 Å². The number of nitrogens with zero attached hydrogens (tertiary/aromatic N) is 1. The van der Waals surface area contributed by atoms with E-state index >= 15 is 0 Å². The van der Waals surface area contributed by atoms with Gasteiger partial charge in [-0.2, -0.15) is 0 Å². The highest BCUT2D eigenvalue weighted by Crippen LogP contribution is 2.08. The molecule has 6 heteroatoms. The van der Waals surface area contributed by atoms with E-state index < -0.39 is 5.97 Å². The van der Waals surface area contributed by atoms with Gasteiger partial charge in [-0.1, -0.05) is 30.3 Å². The maximum Gasteiger partial charge on any atom is 0.338 e. The Labute approximate surface area is 147 Å². The topological polar surface area (TPSA) is 81.9 Å². The van der Waals surface area contributed by atoms with Gasteiger partial charge >= 0.3 is 5.97 Å². The maximum absolute atomic E-state index is 12.4. The molecule has 0 fully saturated rings. The number of esters is 1. The van der Waals surface area contributed by atoms with E-state index in [1.165, 1.54) is 0 Å². The van der Waals surface area contributed by atoms with Crippen LogP contribution in [0, 0.1) is 0 Å². The molecule has 6 nitrogen and oxygen atoms in total. The molecule has 0 aliphatic carbocycles. The van der Waals surface area contributed by atoms with Gasteiger partial charge in [0.2, 0.25) is 0 Å². The van der Waals surface area contributed by atoms with Crippen LogP contribution in [-0.4, -0.2) is 43.6 Å². The molecule has 0 aromatic heterocycles. The highest BCUT2D eigenvalue weighted by Gasteiger charge is 2.17. The zero-order valence-electron chi connectivity index (χ0n) is 14.2. The molecule has 0 aliphatic rings. The monoisotopic (exact) mass is 342 g/mol. The number of nitrogens with two attached hydrogens (primary N) is 1. The fraction of sp³-hybridized carbons (Fsp3) is 0.263. The minimum atomic E-state index is -0.556. The van der Waals surface area contributed by atoms with E-state index in [0.717, 1.165) is 5.56 Å². The zero-order valence-corrected chi connectivity index (χ0v) is 14.2. The van der Waals surface area contributed by atoms with Crippen molar-refractivity contribution in [1.82, 2.24) is 4.90 Å². The lowest BCUT2D eigenvalue weighted by atomic mass is 10.2. The average molecular weight is 342 g/mol. The first-order valence-electron chi connectivity index (χ1n) is 7.93. The predicted molar refractivity (Wildman–Crippen MR) is 94.9 cm³/mol. The Bertz CT molecular complexity index is 686. The minimum absolute atomic E-state index is 0.273. The van der Waals surface area contributed by atoms with Gasteiger partial charge in [0.05, 0.1) is 12.2 Å². The number of methoxy groups -OCH3 is 1. The van der Waals surface area contributed by atoms with E-state index in [9.17, 15) is 9.59 Å². The van der Waals surface area contributed by atoms with Crippen LogP contribution in [-0.2, 0) is 20.8 Å². The molecule has 2 aromatic rings. The summed E-state index contributed by atoms with van der Waals surface area (Å²) in [4.78, 5) is 26.0. The largest absolute Gasteiger partial charge is 0.452 e. The molecule has 0 spiro atoms. The second-order valence-electron chi connectivity index (χ2n) is 5.49. The van der Waals surface area contributed by atoms with Gasteiger partial charge in [-0.3, -0.25) is 4.79 Å². The molecule has 0 bridgehead atoms. The van der Waals surface area contributed by atoms with Gasteiger partial charge < -0.3 is 20.1 Å². The second kappa shape index (κ2) is 9.44. The summed E-state index contributed by atoms with van der Waals surface area (Å²) in [6.07, 6.45) is 0. The summed E-state index contributed by atoms with van der Waals surface area (Å²) in [5, 5.41) is 0. The fourth-order valence-corrected chi connectivity index (χ4v) is 2.22. The Morgan fingerprint density at radius 3 is 2.36 bits per heavy atom. The van der Waals surface area contributed by atoms with Crippen molar-refractivity contribution in [2.75, 3.05) is 32.6 Å². The van der Waals surface area contributed by atoms with Gasteiger partial charge in [-0.05, 0) is 29.8 Å². The van der Waals surface area contributed by atoms with Crippen molar-refractivity contribution in [3.8, 4) is 0 Å². The van der Waals surface area contributed by atoms with Crippen molar-refractivity contribution in [2.45, 2.75) is 6.54 Å². The van der Waals surface area contributed by atoms with Gasteiger partial charge in [0, 0.05) is 25.9 Å². The first-order chi connectivity index (χ1) is 12.1. The lowest BCUT2D eigenvalue weighted by molar-refractivity contribution is -0.135. The fourth-order valence-electron chi connectivity index (χ4n) is 2.22. The quantitative estimate of drug-likeness (QED) is 0.587. The number of nitrogen functional groups attached to an aromatic ring is 1. The zero-order chi connectivity index (χ0) is 18.1. The number of rotatable bonds is 8. The molecule has 1 amide bonds. The van der Waals surface area contributed by atoms with E-state index in [1.54, 1.807) is 36.3 Å². The summed E-state index contributed by atoms with van der Waals surface area (Å²) in [7, 11) is 1.58. The van der Waals surface area contributed by atoms with Crippen LogP contribution in [0.4, 0.5) is 5.69 Å². The summed E-state index contributed by atoms with van der Waals surface area (Å²) in [5.74, 6) is -0.829. The predicted octanol–water partition coefficient (Wildman–Crippen LogP) is 2.10. The van der Waals surface area contributed by atoms with Crippen molar-refractivity contribution in [3.63, 3.8) is 0 Å². The van der Waals surface area contributed by atoms with Crippen LogP contribution in [0.15, 0.2) is 54.6 Å². The van der Waals surface area contributed by atoms with Gasteiger partial charge in [0.1, 0.15) is 0 Å². The summed E-state index contributed by atoms with van der Waals surface area (Å²) >= 11 is 0. The Kier molecular flexibility index (Phi) is 6.98. The third kappa shape index (κ3) is 5.93. The van der Waals surface area contributed by atoms with Crippen LogP contribution in [0.3, 0.4) is 0 Å². The number of amides is 1. The maximum atomic E-state index is 12.4. The van der Waals surface area contributed by atoms with Crippen LogP contribution in [0.5, 0.6) is 0 Å². The molecule has 0 radical (unpaired) electrons.